The fraction of sp³-hybridized carbons (Fsp3) is 0.476. The van der Waals surface area contributed by atoms with Crippen molar-refractivity contribution in [3.05, 3.63) is 48.0 Å². The lowest BCUT2D eigenvalue weighted by atomic mass is 10.1. The SMILES string of the molecule is CC(C)c1nccn1Cc1cccc(NC(=O)N(C)CC(=O)NC(C)(C)C)c1. The molecule has 2 rings (SSSR count). The molecular weight excluding hydrogens is 354 g/mol. The van der Waals surface area contributed by atoms with E-state index in [0.29, 0.717) is 18.2 Å². The van der Waals surface area contributed by atoms with Gasteiger partial charge in [0.15, 0.2) is 0 Å². The molecule has 0 aliphatic rings. The fourth-order valence-electron chi connectivity index (χ4n) is 2.86. The van der Waals surface area contributed by atoms with E-state index in [1.54, 1.807) is 13.2 Å². The highest BCUT2D eigenvalue weighted by atomic mass is 16.2. The van der Waals surface area contributed by atoms with E-state index in [0.717, 1.165) is 11.4 Å². The van der Waals surface area contributed by atoms with Crippen molar-refractivity contribution in [1.29, 1.82) is 0 Å². The van der Waals surface area contributed by atoms with Gasteiger partial charge in [0.05, 0.1) is 0 Å². The highest BCUT2D eigenvalue weighted by Crippen LogP contribution is 2.16. The number of hydrogen-bond donors (Lipinski definition) is 2. The van der Waals surface area contributed by atoms with Crippen molar-refractivity contribution in [2.24, 2.45) is 0 Å². The number of imidazole rings is 1. The quantitative estimate of drug-likeness (QED) is 0.799. The lowest BCUT2D eigenvalue weighted by molar-refractivity contribution is -0.122. The smallest absolute Gasteiger partial charge is 0.322 e. The largest absolute Gasteiger partial charge is 0.350 e. The summed E-state index contributed by atoms with van der Waals surface area (Å²) in [5, 5.41) is 5.70. The van der Waals surface area contributed by atoms with Crippen LogP contribution in [0, 0.1) is 0 Å². The van der Waals surface area contributed by atoms with Crippen molar-refractivity contribution in [2.75, 3.05) is 18.9 Å². The molecule has 0 radical (unpaired) electrons. The van der Waals surface area contributed by atoms with Crippen LogP contribution < -0.4 is 10.6 Å². The number of likely N-dealkylation sites (N-methyl/N-ethyl adjacent to an activating group) is 1. The Bertz CT molecular complexity index is 820. The van der Waals surface area contributed by atoms with Gasteiger partial charge >= 0.3 is 6.03 Å². The second-order valence-electron chi connectivity index (χ2n) is 8.35. The molecule has 1 aromatic carbocycles. The molecule has 0 spiro atoms. The van der Waals surface area contributed by atoms with Gasteiger partial charge in [-0.2, -0.15) is 0 Å². The summed E-state index contributed by atoms with van der Waals surface area (Å²) in [5.74, 6) is 1.17. The number of nitrogens with one attached hydrogen (secondary N) is 2. The molecule has 0 saturated carbocycles. The van der Waals surface area contributed by atoms with Crippen molar-refractivity contribution in [2.45, 2.75) is 52.6 Å². The lowest BCUT2D eigenvalue weighted by Crippen LogP contribution is -2.47. The van der Waals surface area contributed by atoms with Crippen LogP contribution in [0.5, 0.6) is 0 Å². The molecule has 0 unspecified atom stereocenters. The van der Waals surface area contributed by atoms with Gasteiger partial charge in [0.25, 0.3) is 0 Å². The Morgan fingerprint density at radius 1 is 1.25 bits per heavy atom. The normalized spacial score (nSPS) is 11.4. The van der Waals surface area contributed by atoms with Crippen molar-refractivity contribution >= 4 is 17.6 Å². The molecule has 7 heteroatoms. The van der Waals surface area contributed by atoms with Gasteiger partial charge in [0.1, 0.15) is 12.4 Å². The van der Waals surface area contributed by atoms with Crippen molar-refractivity contribution in [3.8, 4) is 0 Å². The second kappa shape index (κ2) is 8.91. The van der Waals surface area contributed by atoms with Crippen LogP contribution in [0.25, 0.3) is 0 Å². The summed E-state index contributed by atoms with van der Waals surface area (Å²) in [7, 11) is 1.60. The van der Waals surface area contributed by atoms with E-state index in [9.17, 15) is 9.59 Å². The molecule has 0 aliphatic carbocycles. The first kappa shape index (κ1) is 21.5. The predicted molar refractivity (Wildman–Crippen MR) is 111 cm³/mol. The number of hydrogen-bond acceptors (Lipinski definition) is 3. The van der Waals surface area contributed by atoms with Crippen LogP contribution in [0.15, 0.2) is 36.7 Å². The Hall–Kier alpha value is -2.83. The minimum atomic E-state index is -0.328. The van der Waals surface area contributed by atoms with E-state index in [4.69, 9.17) is 0 Å². The van der Waals surface area contributed by atoms with E-state index >= 15 is 0 Å². The number of carbonyl (C=O) groups is 2. The first-order chi connectivity index (χ1) is 13.0. The number of amides is 3. The summed E-state index contributed by atoms with van der Waals surface area (Å²) in [4.78, 5) is 30.2. The number of nitrogens with zero attached hydrogens (tertiary/aromatic N) is 3. The standard InChI is InChI=1S/C21H31N5O2/c1-15(2)19-22-10-11-26(19)13-16-8-7-9-17(12-16)23-20(28)25(6)14-18(27)24-21(3,4)5/h7-12,15H,13-14H2,1-6H3,(H,23,28)(H,24,27). The maximum Gasteiger partial charge on any atom is 0.322 e. The molecule has 2 aromatic rings. The number of rotatable bonds is 6. The van der Waals surface area contributed by atoms with E-state index in [1.165, 1.54) is 4.90 Å². The van der Waals surface area contributed by atoms with Crippen molar-refractivity contribution < 1.29 is 9.59 Å². The highest BCUT2D eigenvalue weighted by molar-refractivity contribution is 5.92. The third-order valence-corrected chi connectivity index (χ3v) is 4.04. The van der Waals surface area contributed by atoms with Crippen LogP contribution in [0.1, 0.15) is 51.9 Å². The molecule has 0 bridgehead atoms. The van der Waals surface area contributed by atoms with Crippen molar-refractivity contribution in [3.63, 3.8) is 0 Å². The van der Waals surface area contributed by atoms with Gasteiger partial charge in [0, 0.05) is 43.1 Å². The molecule has 0 saturated heterocycles. The van der Waals surface area contributed by atoms with Gasteiger partial charge in [-0.1, -0.05) is 26.0 Å². The Balaban J connectivity index is 1.99. The van der Waals surface area contributed by atoms with Gasteiger partial charge in [-0.15, -0.1) is 0 Å². The Kier molecular flexibility index (Phi) is 6.83. The maximum atomic E-state index is 12.4. The molecule has 28 heavy (non-hydrogen) atoms. The van der Waals surface area contributed by atoms with Gasteiger partial charge in [0.2, 0.25) is 5.91 Å². The number of benzene rings is 1. The monoisotopic (exact) mass is 385 g/mol. The van der Waals surface area contributed by atoms with Gasteiger partial charge in [-0.25, -0.2) is 9.78 Å². The average molecular weight is 386 g/mol. The third-order valence-electron chi connectivity index (χ3n) is 4.04. The molecule has 0 atom stereocenters. The van der Waals surface area contributed by atoms with E-state index < -0.39 is 0 Å². The summed E-state index contributed by atoms with van der Waals surface area (Å²) in [6, 6.07) is 7.36. The molecule has 152 valence electrons. The molecule has 0 aliphatic heterocycles. The number of anilines is 1. The second-order valence-corrected chi connectivity index (χ2v) is 8.35. The van der Waals surface area contributed by atoms with Crippen molar-refractivity contribution in [1.82, 2.24) is 19.8 Å². The molecule has 1 aromatic heterocycles. The molecule has 7 nitrogen and oxygen atoms in total. The Morgan fingerprint density at radius 2 is 1.96 bits per heavy atom. The van der Waals surface area contributed by atoms with E-state index in [2.05, 4.69) is 34.0 Å². The topological polar surface area (TPSA) is 79.3 Å². The van der Waals surface area contributed by atoms with Crippen LogP contribution in [-0.2, 0) is 11.3 Å². The Morgan fingerprint density at radius 3 is 2.61 bits per heavy atom. The minimum absolute atomic E-state index is 0.00439. The summed E-state index contributed by atoms with van der Waals surface area (Å²) in [6.07, 6.45) is 3.76. The zero-order valence-electron chi connectivity index (χ0n) is 17.6. The zero-order valence-corrected chi connectivity index (χ0v) is 17.6. The summed E-state index contributed by atoms with van der Waals surface area (Å²) >= 11 is 0. The first-order valence-corrected chi connectivity index (χ1v) is 9.48. The summed E-state index contributed by atoms with van der Waals surface area (Å²) in [5.41, 5.74) is 1.42. The van der Waals surface area contributed by atoms with Gasteiger partial charge < -0.3 is 20.1 Å². The number of carbonyl (C=O) groups excluding carboxylic acids is 2. The fourth-order valence-corrected chi connectivity index (χ4v) is 2.86. The lowest BCUT2D eigenvalue weighted by Gasteiger charge is -2.23. The molecule has 2 N–H and O–H groups in total. The first-order valence-electron chi connectivity index (χ1n) is 9.48. The van der Waals surface area contributed by atoms with Gasteiger partial charge in [-0.05, 0) is 38.5 Å². The van der Waals surface area contributed by atoms with E-state index in [-0.39, 0.29) is 24.0 Å². The average Bonchev–Trinajstić information content (AvgIpc) is 3.01. The van der Waals surface area contributed by atoms with Crippen LogP contribution in [0.4, 0.5) is 10.5 Å². The summed E-state index contributed by atoms with van der Waals surface area (Å²) < 4.78 is 2.11. The third kappa shape index (κ3) is 6.40. The molecular formula is C21H31N5O2. The summed E-state index contributed by atoms with van der Waals surface area (Å²) in [6.45, 7) is 10.6. The molecule has 0 fully saturated rings. The number of urea groups is 1. The van der Waals surface area contributed by atoms with Crippen LogP contribution in [-0.4, -0.2) is 45.5 Å². The minimum Gasteiger partial charge on any atom is -0.350 e. The van der Waals surface area contributed by atoms with Gasteiger partial charge in [-0.3, -0.25) is 4.79 Å². The van der Waals surface area contributed by atoms with Crippen LogP contribution >= 0.6 is 0 Å². The van der Waals surface area contributed by atoms with Crippen LogP contribution in [0.2, 0.25) is 0 Å². The number of aromatic nitrogens is 2. The maximum absolute atomic E-state index is 12.4. The molecule has 3 amide bonds. The van der Waals surface area contributed by atoms with Crippen LogP contribution in [0.3, 0.4) is 0 Å². The molecule has 1 heterocycles. The van der Waals surface area contributed by atoms with E-state index in [1.807, 2.05) is 51.2 Å². The predicted octanol–water partition coefficient (Wildman–Crippen LogP) is 3.43. The Labute approximate surface area is 167 Å². The zero-order chi connectivity index (χ0) is 20.9. The highest BCUT2D eigenvalue weighted by Gasteiger charge is 2.18.